The minimum atomic E-state index is -0.388. The van der Waals surface area contributed by atoms with Gasteiger partial charge in [-0.15, -0.1) is 0 Å². The molecule has 1 saturated heterocycles. The average molecular weight is 343 g/mol. The molecular formula is C14H19BrN2O3. The second-order valence-electron chi connectivity index (χ2n) is 4.69. The summed E-state index contributed by atoms with van der Waals surface area (Å²) in [6.45, 7) is 5.75. The third-order valence-electron chi connectivity index (χ3n) is 3.32. The molecule has 1 fully saturated rings. The Morgan fingerprint density at radius 2 is 2.40 bits per heavy atom. The lowest BCUT2D eigenvalue weighted by molar-refractivity contribution is -0.0578. The Balaban J connectivity index is 1.90. The SMILES string of the molecule is CCN1CCOC(COC(=O)c2cccc(N)c2Br)C1. The first kappa shape index (κ1) is 15.3. The molecule has 0 aliphatic carbocycles. The van der Waals surface area contributed by atoms with Crippen LogP contribution in [0.15, 0.2) is 22.7 Å². The molecule has 0 amide bonds. The molecule has 20 heavy (non-hydrogen) atoms. The summed E-state index contributed by atoms with van der Waals surface area (Å²) in [4.78, 5) is 14.3. The summed E-state index contributed by atoms with van der Waals surface area (Å²) in [7, 11) is 0. The van der Waals surface area contributed by atoms with E-state index >= 15 is 0 Å². The Bertz CT molecular complexity index is 481. The van der Waals surface area contributed by atoms with Crippen LogP contribution in [0.2, 0.25) is 0 Å². The number of esters is 1. The number of carbonyl (C=O) groups excluding carboxylic acids is 1. The number of anilines is 1. The molecule has 0 saturated carbocycles. The highest BCUT2D eigenvalue weighted by Crippen LogP contribution is 2.24. The molecule has 1 heterocycles. The van der Waals surface area contributed by atoms with Gasteiger partial charge in [-0.1, -0.05) is 13.0 Å². The Labute approximate surface area is 127 Å². The van der Waals surface area contributed by atoms with E-state index in [1.807, 2.05) is 0 Å². The van der Waals surface area contributed by atoms with Crippen molar-refractivity contribution >= 4 is 27.6 Å². The van der Waals surface area contributed by atoms with E-state index in [4.69, 9.17) is 15.2 Å². The first-order valence-electron chi connectivity index (χ1n) is 6.67. The van der Waals surface area contributed by atoms with Crippen LogP contribution in [0.5, 0.6) is 0 Å². The molecule has 1 aromatic rings. The number of rotatable bonds is 4. The predicted molar refractivity (Wildman–Crippen MR) is 80.7 cm³/mol. The maximum atomic E-state index is 12.0. The van der Waals surface area contributed by atoms with Gasteiger partial charge in [0.1, 0.15) is 12.7 Å². The fourth-order valence-corrected chi connectivity index (χ4v) is 2.55. The molecule has 1 atom stereocenters. The largest absolute Gasteiger partial charge is 0.459 e. The van der Waals surface area contributed by atoms with Crippen molar-refractivity contribution in [1.29, 1.82) is 0 Å². The maximum absolute atomic E-state index is 12.0. The van der Waals surface area contributed by atoms with E-state index in [0.717, 1.165) is 19.6 Å². The van der Waals surface area contributed by atoms with E-state index < -0.39 is 0 Å². The number of carbonyl (C=O) groups is 1. The number of ether oxygens (including phenoxy) is 2. The number of nitrogen functional groups attached to an aromatic ring is 1. The van der Waals surface area contributed by atoms with E-state index in [9.17, 15) is 4.79 Å². The number of morpholine rings is 1. The molecule has 2 N–H and O–H groups in total. The van der Waals surface area contributed by atoms with Crippen molar-refractivity contribution in [2.75, 3.05) is 38.6 Å². The summed E-state index contributed by atoms with van der Waals surface area (Å²) in [6, 6.07) is 5.14. The molecule has 1 unspecified atom stereocenters. The number of likely N-dealkylation sites (N-methyl/N-ethyl adjacent to an activating group) is 1. The molecule has 2 rings (SSSR count). The maximum Gasteiger partial charge on any atom is 0.339 e. The highest BCUT2D eigenvalue weighted by molar-refractivity contribution is 9.10. The zero-order chi connectivity index (χ0) is 14.5. The van der Waals surface area contributed by atoms with Crippen LogP contribution in [-0.4, -0.2) is 49.8 Å². The summed E-state index contributed by atoms with van der Waals surface area (Å²) in [5.41, 5.74) is 6.70. The van der Waals surface area contributed by atoms with Gasteiger partial charge in [0.25, 0.3) is 0 Å². The van der Waals surface area contributed by atoms with Gasteiger partial charge in [0.15, 0.2) is 0 Å². The van der Waals surface area contributed by atoms with Crippen LogP contribution >= 0.6 is 15.9 Å². The molecule has 0 radical (unpaired) electrons. The fraction of sp³-hybridized carbons (Fsp3) is 0.500. The van der Waals surface area contributed by atoms with Gasteiger partial charge in [0.05, 0.1) is 16.6 Å². The first-order valence-corrected chi connectivity index (χ1v) is 7.46. The number of nitrogens with zero attached hydrogens (tertiary/aromatic N) is 1. The average Bonchev–Trinajstić information content (AvgIpc) is 2.48. The Hall–Kier alpha value is -1.11. The van der Waals surface area contributed by atoms with E-state index in [0.29, 0.717) is 22.3 Å². The van der Waals surface area contributed by atoms with Crippen molar-refractivity contribution < 1.29 is 14.3 Å². The van der Waals surface area contributed by atoms with Gasteiger partial charge in [0.2, 0.25) is 0 Å². The van der Waals surface area contributed by atoms with Crippen LogP contribution < -0.4 is 5.73 Å². The molecule has 0 bridgehead atoms. The number of hydrogen-bond donors (Lipinski definition) is 1. The first-order chi connectivity index (χ1) is 9.61. The van der Waals surface area contributed by atoms with Gasteiger partial charge < -0.3 is 15.2 Å². The number of benzene rings is 1. The van der Waals surface area contributed by atoms with Crippen molar-refractivity contribution in [2.24, 2.45) is 0 Å². The van der Waals surface area contributed by atoms with Crippen molar-refractivity contribution in [3.05, 3.63) is 28.2 Å². The van der Waals surface area contributed by atoms with E-state index in [1.165, 1.54) is 0 Å². The Morgan fingerprint density at radius 3 is 3.15 bits per heavy atom. The lowest BCUT2D eigenvalue weighted by Gasteiger charge is -2.31. The monoisotopic (exact) mass is 342 g/mol. The minimum Gasteiger partial charge on any atom is -0.459 e. The Morgan fingerprint density at radius 1 is 1.60 bits per heavy atom. The van der Waals surface area contributed by atoms with Crippen LogP contribution in [0.4, 0.5) is 5.69 Å². The molecule has 0 aromatic heterocycles. The number of hydrogen-bond acceptors (Lipinski definition) is 5. The van der Waals surface area contributed by atoms with Crippen molar-refractivity contribution in [1.82, 2.24) is 4.90 Å². The molecular weight excluding hydrogens is 324 g/mol. The zero-order valence-corrected chi connectivity index (χ0v) is 13.1. The summed E-state index contributed by atoms with van der Waals surface area (Å²) >= 11 is 3.30. The van der Waals surface area contributed by atoms with Gasteiger partial charge in [0, 0.05) is 18.8 Å². The van der Waals surface area contributed by atoms with Crippen LogP contribution in [-0.2, 0) is 9.47 Å². The zero-order valence-electron chi connectivity index (χ0n) is 11.5. The molecule has 0 spiro atoms. The Kier molecular flexibility index (Phi) is 5.39. The van der Waals surface area contributed by atoms with Crippen LogP contribution in [0.3, 0.4) is 0 Å². The quantitative estimate of drug-likeness (QED) is 0.668. The lowest BCUT2D eigenvalue weighted by atomic mass is 10.2. The van der Waals surface area contributed by atoms with Crippen molar-refractivity contribution in [3.8, 4) is 0 Å². The summed E-state index contributed by atoms with van der Waals surface area (Å²) in [5, 5.41) is 0. The van der Waals surface area contributed by atoms with Gasteiger partial charge in [-0.25, -0.2) is 4.79 Å². The van der Waals surface area contributed by atoms with Crippen molar-refractivity contribution in [3.63, 3.8) is 0 Å². The van der Waals surface area contributed by atoms with E-state index in [-0.39, 0.29) is 18.7 Å². The molecule has 110 valence electrons. The standard InChI is InChI=1S/C14H19BrN2O3/c1-2-17-6-7-19-10(8-17)9-20-14(18)11-4-3-5-12(16)13(11)15/h3-5,10H,2,6-9,16H2,1H3. The lowest BCUT2D eigenvalue weighted by Crippen LogP contribution is -2.44. The fourth-order valence-electron chi connectivity index (χ4n) is 2.12. The van der Waals surface area contributed by atoms with Gasteiger partial charge in [-0.05, 0) is 34.6 Å². The third-order valence-corrected chi connectivity index (χ3v) is 4.20. The van der Waals surface area contributed by atoms with E-state index in [2.05, 4.69) is 27.8 Å². The van der Waals surface area contributed by atoms with E-state index in [1.54, 1.807) is 18.2 Å². The van der Waals surface area contributed by atoms with Gasteiger partial charge in [-0.2, -0.15) is 0 Å². The summed E-state index contributed by atoms with van der Waals surface area (Å²) < 4.78 is 11.5. The topological polar surface area (TPSA) is 64.8 Å². The van der Waals surface area contributed by atoms with Crippen LogP contribution in [0.1, 0.15) is 17.3 Å². The minimum absolute atomic E-state index is 0.0625. The van der Waals surface area contributed by atoms with Crippen LogP contribution in [0.25, 0.3) is 0 Å². The van der Waals surface area contributed by atoms with Gasteiger partial charge >= 0.3 is 5.97 Å². The predicted octanol–water partition coefficient (Wildman–Crippen LogP) is 1.91. The smallest absolute Gasteiger partial charge is 0.339 e. The molecule has 5 nitrogen and oxygen atoms in total. The molecule has 1 aliphatic rings. The highest BCUT2D eigenvalue weighted by atomic mass is 79.9. The number of halogens is 1. The highest BCUT2D eigenvalue weighted by Gasteiger charge is 2.21. The normalized spacial score (nSPS) is 19.8. The summed E-state index contributed by atoms with van der Waals surface area (Å²) in [5.74, 6) is -0.388. The van der Waals surface area contributed by atoms with Crippen LogP contribution in [0, 0.1) is 0 Å². The second kappa shape index (κ2) is 7.06. The molecule has 1 aliphatic heterocycles. The molecule has 6 heteroatoms. The van der Waals surface area contributed by atoms with Gasteiger partial charge in [-0.3, -0.25) is 4.90 Å². The van der Waals surface area contributed by atoms with Crippen molar-refractivity contribution in [2.45, 2.75) is 13.0 Å². The number of nitrogens with two attached hydrogens (primary N) is 1. The second-order valence-corrected chi connectivity index (χ2v) is 5.49. The summed E-state index contributed by atoms with van der Waals surface area (Å²) in [6.07, 6.45) is -0.0625. The molecule has 1 aromatic carbocycles. The third kappa shape index (κ3) is 3.71.